The van der Waals surface area contributed by atoms with Crippen LogP contribution < -0.4 is 5.32 Å². The SMILES string of the molecule is CCNCc1cn(CCN2CCC(N(CC)CC)C2)nn1. The molecule has 1 fully saturated rings. The first-order chi connectivity index (χ1) is 10.3. The van der Waals surface area contributed by atoms with Crippen LogP contribution in [0, 0.1) is 0 Å². The van der Waals surface area contributed by atoms with Gasteiger partial charge in [0.05, 0.1) is 12.2 Å². The van der Waals surface area contributed by atoms with Crippen molar-refractivity contribution >= 4 is 0 Å². The van der Waals surface area contributed by atoms with E-state index in [1.165, 1.54) is 19.5 Å². The highest BCUT2D eigenvalue weighted by atomic mass is 15.4. The summed E-state index contributed by atoms with van der Waals surface area (Å²) in [6.07, 6.45) is 3.35. The van der Waals surface area contributed by atoms with E-state index >= 15 is 0 Å². The zero-order valence-corrected chi connectivity index (χ0v) is 13.8. The van der Waals surface area contributed by atoms with E-state index in [9.17, 15) is 0 Å². The van der Waals surface area contributed by atoms with Gasteiger partial charge in [0.2, 0.25) is 0 Å². The first-order valence-corrected chi connectivity index (χ1v) is 8.32. The Labute approximate surface area is 128 Å². The summed E-state index contributed by atoms with van der Waals surface area (Å²) in [5, 5.41) is 11.7. The molecule has 0 spiro atoms. The first-order valence-electron chi connectivity index (χ1n) is 8.32. The Morgan fingerprint density at radius 2 is 2.10 bits per heavy atom. The van der Waals surface area contributed by atoms with Gasteiger partial charge in [-0.25, -0.2) is 0 Å². The second-order valence-electron chi connectivity index (χ2n) is 5.72. The normalized spacial score (nSPS) is 19.7. The largest absolute Gasteiger partial charge is 0.311 e. The first kappa shape index (κ1) is 16.4. The molecule has 0 bridgehead atoms. The van der Waals surface area contributed by atoms with Crippen LogP contribution in [0.2, 0.25) is 0 Å². The molecule has 2 rings (SSSR count). The Balaban J connectivity index is 1.72. The predicted octanol–water partition coefficient (Wildman–Crippen LogP) is 0.804. The maximum absolute atomic E-state index is 4.21. The molecule has 1 aliphatic heterocycles. The lowest BCUT2D eigenvalue weighted by molar-refractivity contribution is 0.208. The fourth-order valence-corrected chi connectivity index (χ4v) is 3.08. The van der Waals surface area contributed by atoms with Gasteiger partial charge < -0.3 is 5.32 Å². The van der Waals surface area contributed by atoms with Gasteiger partial charge in [-0.2, -0.15) is 0 Å². The van der Waals surface area contributed by atoms with Crippen LogP contribution in [0.5, 0.6) is 0 Å². The average Bonchev–Trinajstić information content (AvgIpc) is 3.13. The summed E-state index contributed by atoms with van der Waals surface area (Å²) >= 11 is 0. The lowest BCUT2D eigenvalue weighted by atomic mass is 10.2. The molecule has 0 aliphatic carbocycles. The Kier molecular flexibility index (Phi) is 6.60. The van der Waals surface area contributed by atoms with Crippen molar-refractivity contribution in [1.82, 2.24) is 30.1 Å². The zero-order valence-electron chi connectivity index (χ0n) is 13.8. The van der Waals surface area contributed by atoms with Crippen LogP contribution in [0.4, 0.5) is 0 Å². The standard InChI is InChI=1S/C15H30N6/c1-4-16-11-14-12-21(18-17-14)10-9-19-8-7-15(13-19)20(5-2)6-3/h12,15-16H,4-11,13H2,1-3H3. The molecule has 1 aliphatic rings. The van der Waals surface area contributed by atoms with E-state index in [0.29, 0.717) is 0 Å². The minimum atomic E-state index is 0.736. The second-order valence-corrected chi connectivity index (χ2v) is 5.72. The lowest BCUT2D eigenvalue weighted by Gasteiger charge is -2.26. The summed E-state index contributed by atoms with van der Waals surface area (Å²) in [6, 6.07) is 0.736. The van der Waals surface area contributed by atoms with Crippen molar-refractivity contribution in [2.45, 2.75) is 46.3 Å². The summed E-state index contributed by atoms with van der Waals surface area (Å²) in [7, 11) is 0. The van der Waals surface area contributed by atoms with Gasteiger partial charge in [0.15, 0.2) is 0 Å². The molecule has 1 aromatic rings. The molecule has 6 heteroatoms. The molecule has 0 saturated carbocycles. The summed E-state index contributed by atoms with van der Waals surface area (Å²) in [5.41, 5.74) is 1.03. The van der Waals surface area contributed by atoms with Crippen molar-refractivity contribution in [3.63, 3.8) is 0 Å². The molecule has 21 heavy (non-hydrogen) atoms. The Hall–Kier alpha value is -0.980. The molecular formula is C15H30N6. The second kappa shape index (κ2) is 8.46. The summed E-state index contributed by atoms with van der Waals surface area (Å²) in [6.45, 7) is 15.1. The number of rotatable bonds is 9. The number of nitrogens with one attached hydrogen (secondary N) is 1. The van der Waals surface area contributed by atoms with Gasteiger partial charge in [0.25, 0.3) is 0 Å². The molecule has 0 radical (unpaired) electrons. The molecular weight excluding hydrogens is 264 g/mol. The van der Waals surface area contributed by atoms with Gasteiger partial charge in [-0.05, 0) is 32.6 Å². The van der Waals surface area contributed by atoms with E-state index in [0.717, 1.165) is 51.0 Å². The van der Waals surface area contributed by atoms with Crippen molar-refractivity contribution < 1.29 is 0 Å². The summed E-state index contributed by atoms with van der Waals surface area (Å²) < 4.78 is 1.97. The number of aromatic nitrogens is 3. The maximum atomic E-state index is 4.21. The molecule has 0 amide bonds. The Bertz CT molecular complexity index is 401. The minimum absolute atomic E-state index is 0.736. The third kappa shape index (κ3) is 4.76. The minimum Gasteiger partial charge on any atom is -0.311 e. The quantitative estimate of drug-likeness (QED) is 0.730. The third-order valence-corrected chi connectivity index (χ3v) is 4.36. The predicted molar refractivity (Wildman–Crippen MR) is 85.2 cm³/mol. The van der Waals surface area contributed by atoms with Gasteiger partial charge in [-0.15, -0.1) is 5.10 Å². The number of likely N-dealkylation sites (tertiary alicyclic amines) is 1. The number of likely N-dealkylation sites (N-methyl/N-ethyl adjacent to an activating group) is 1. The van der Waals surface area contributed by atoms with Crippen molar-refractivity contribution in [2.75, 3.05) is 39.3 Å². The van der Waals surface area contributed by atoms with E-state index in [1.807, 2.05) is 4.68 Å². The Morgan fingerprint density at radius 1 is 1.29 bits per heavy atom. The Morgan fingerprint density at radius 3 is 2.81 bits per heavy atom. The fourth-order valence-electron chi connectivity index (χ4n) is 3.08. The average molecular weight is 294 g/mol. The van der Waals surface area contributed by atoms with Gasteiger partial charge in [-0.1, -0.05) is 26.0 Å². The number of hydrogen-bond donors (Lipinski definition) is 1. The number of hydrogen-bond acceptors (Lipinski definition) is 5. The van der Waals surface area contributed by atoms with E-state index in [4.69, 9.17) is 0 Å². The lowest BCUT2D eigenvalue weighted by Crippen LogP contribution is -2.37. The monoisotopic (exact) mass is 294 g/mol. The molecule has 1 N–H and O–H groups in total. The third-order valence-electron chi connectivity index (χ3n) is 4.36. The zero-order chi connectivity index (χ0) is 15.1. The highest BCUT2D eigenvalue weighted by Crippen LogP contribution is 2.15. The van der Waals surface area contributed by atoms with Gasteiger partial charge in [0, 0.05) is 31.9 Å². The van der Waals surface area contributed by atoms with Crippen LogP contribution in [0.15, 0.2) is 6.20 Å². The van der Waals surface area contributed by atoms with E-state index in [1.54, 1.807) is 0 Å². The van der Waals surface area contributed by atoms with Crippen molar-refractivity contribution in [2.24, 2.45) is 0 Å². The van der Waals surface area contributed by atoms with Crippen molar-refractivity contribution in [3.05, 3.63) is 11.9 Å². The molecule has 120 valence electrons. The van der Waals surface area contributed by atoms with Gasteiger partial charge in [0.1, 0.15) is 0 Å². The van der Waals surface area contributed by atoms with Crippen molar-refractivity contribution in [1.29, 1.82) is 0 Å². The van der Waals surface area contributed by atoms with Gasteiger partial charge in [-0.3, -0.25) is 14.5 Å². The van der Waals surface area contributed by atoms with Gasteiger partial charge >= 0.3 is 0 Å². The van der Waals surface area contributed by atoms with Crippen LogP contribution in [0.25, 0.3) is 0 Å². The maximum Gasteiger partial charge on any atom is 0.0964 e. The highest BCUT2D eigenvalue weighted by molar-refractivity contribution is 4.91. The molecule has 1 unspecified atom stereocenters. The highest BCUT2D eigenvalue weighted by Gasteiger charge is 2.25. The molecule has 6 nitrogen and oxygen atoms in total. The fraction of sp³-hybridized carbons (Fsp3) is 0.867. The summed E-state index contributed by atoms with van der Waals surface area (Å²) in [5.74, 6) is 0. The summed E-state index contributed by atoms with van der Waals surface area (Å²) in [4.78, 5) is 5.12. The van der Waals surface area contributed by atoms with Crippen LogP contribution in [-0.4, -0.2) is 70.1 Å². The van der Waals surface area contributed by atoms with E-state index in [-0.39, 0.29) is 0 Å². The van der Waals surface area contributed by atoms with Crippen molar-refractivity contribution in [3.8, 4) is 0 Å². The van der Waals surface area contributed by atoms with E-state index < -0.39 is 0 Å². The molecule has 1 aromatic heterocycles. The molecule has 0 aromatic carbocycles. The van der Waals surface area contributed by atoms with E-state index in [2.05, 4.69) is 52.4 Å². The van der Waals surface area contributed by atoms with Crippen LogP contribution in [0.1, 0.15) is 32.9 Å². The molecule has 1 atom stereocenters. The van der Waals surface area contributed by atoms with Crippen LogP contribution in [0.3, 0.4) is 0 Å². The molecule has 2 heterocycles. The topological polar surface area (TPSA) is 49.2 Å². The number of nitrogens with zero attached hydrogens (tertiary/aromatic N) is 5. The molecule has 1 saturated heterocycles. The van der Waals surface area contributed by atoms with Crippen LogP contribution in [-0.2, 0) is 13.1 Å². The smallest absolute Gasteiger partial charge is 0.0964 e. The van der Waals surface area contributed by atoms with Crippen LogP contribution >= 0.6 is 0 Å².